The summed E-state index contributed by atoms with van der Waals surface area (Å²) in [6.45, 7) is 4.90. The van der Waals surface area contributed by atoms with E-state index >= 15 is 0 Å². The highest BCUT2D eigenvalue weighted by Crippen LogP contribution is 2.37. The molecule has 148 valence electrons. The molecule has 0 aliphatic rings. The average molecular weight is 436 g/mol. The van der Waals surface area contributed by atoms with Crippen molar-refractivity contribution in [1.29, 1.82) is 0 Å². The van der Waals surface area contributed by atoms with Crippen LogP contribution in [-0.4, -0.2) is 19.6 Å². The lowest BCUT2D eigenvalue weighted by Crippen LogP contribution is -2.06. The molecule has 0 atom stereocenters. The summed E-state index contributed by atoms with van der Waals surface area (Å²) in [5.41, 5.74) is 2.23. The van der Waals surface area contributed by atoms with Gasteiger partial charge in [0.1, 0.15) is 17.5 Å². The summed E-state index contributed by atoms with van der Waals surface area (Å²) in [5, 5.41) is 12.1. The van der Waals surface area contributed by atoms with Gasteiger partial charge >= 0.3 is 0 Å². The third-order valence-corrected chi connectivity index (χ3v) is 5.89. The first-order valence-corrected chi connectivity index (χ1v) is 10.8. The molecule has 2 heterocycles. The highest BCUT2D eigenvalue weighted by Gasteiger charge is 2.20. The maximum absolute atomic E-state index is 9.87. The number of aromatic nitrogens is 3. The van der Waals surface area contributed by atoms with Crippen molar-refractivity contribution in [1.82, 2.24) is 14.5 Å². The maximum atomic E-state index is 9.87. The summed E-state index contributed by atoms with van der Waals surface area (Å²) in [6.07, 6.45) is 5.50. The predicted octanol–water partition coefficient (Wildman–Crippen LogP) is 5.98. The Bertz CT molecular complexity index is 909. The van der Waals surface area contributed by atoms with Crippen molar-refractivity contribution in [3.8, 4) is 0 Å². The lowest BCUT2D eigenvalue weighted by Gasteiger charge is -2.13. The van der Waals surface area contributed by atoms with E-state index in [4.69, 9.17) is 28.2 Å². The number of halogens is 2. The van der Waals surface area contributed by atoms with Crippen molar-refractivity contribution < 1.29 is 5.11 Å². The van der Waals surface area contributed by atoms with Crippen LogP contribution < -0.4 is 0 Å². The molecule has 1 aromatic carbocycles. The summed E-state index contributed by atoms with van der Waals surface area (Å²) < 4.78 is 2.12. The highest BCUT2D eigenvalue weighted by molar-refractivity contribution is 7.99. The van der Waals surface area contributed by atoms with E-state index in [1.807, 2.05) is 36.7 Å². The predicted molar refractivity (Wildman–Crippen MR) is 115 cm³/mol. The van der Waals surface area contributed by atoms with Gasteiger partial charge in [-0.25, -0.2) is 4.98 Å². The largest absolute Gasteiger partial charge is 0.388 e. The van der Waals surface area contributed by atoms with Gasteiger partial charge in [0.25, 0.3) is 0 Å². The Balaban J connectivity index is 1.88. The van der Waals surface area contributed by atoms with E-state index in [2.05, 4.69) is 23.4 Å². The van der Waals surface area contributed by atoms with E-state index in [0.29, 0.717) is 15.9 Å². The number of aliphatic hydroxyl groups is 1. The van der Waals surface area contributed by atoms with Crippen LogP contribution in [0.5, 0.6) is 0 Å². The third kappa shape index (κ3) is 5.29. The smallest absolute Gasteiger partial charge is 0.135 e. The Kier molecular flexibility index (Phi) is 7.41. The molecular weight excluding hydrogens is 413 g/mol. The van der Waals surface area contributed by atoms with Crippen LogP contribution in [-0.2, 0) is 19.6 Å². The van der Waals surface area contributed by atoms with E-state index in [1.165, 1.54) is 5.56 Å². The Labute approximate surface area is 179 Å². The van der Waals surface area contributed by atoms with Gasteiger partial charge in [-0.2, -0.15) is 0 Å². The summed E-state index contributed by atoms with van der Waals surface area (Å²) in [5.74, 6) is 0.929. The molecule has 2 aromatic heterocycles. The zero-order valence-electron chi connectivity index (χ0n) is 15.9. The van der Waals surface area contributed by atoms with E-state index < -0.39 is 0 Å². The van der Waals surface area contributed by atoms with Gasteiger partial charge in [-0.05, 0) is 54.7 Å². The lowest BCUT2D eigenvalue weighted by molar-refractivity contribution is 0.263. The molecule has 0 fully saturated rings. The van der Waals surface area contributed by atoms with Crippen molar-refractivity contribution in [2.45, 2.75) is 55.7 Å². The van der Waals surface area contributed by atoms with E-state index in [1.54, 1.807) is 17.8 Å². The fourth-order valence-electron chi connectivity index (χ4n) is 3.03. The maximum Gasteiger partial charge on any atom is 0.135 e. The summed E-state index contributed by atoms with van der Waals surface area (Å²) in [7, 11) is 0. The number of rotatable bonds is 8. The molecule has 4 nitrogen and oxygen atoms in total. The molecule has 0 saturated heterocycles. The summed E-state index contributed by atoms with van der Waals surface area (Å²) in [4.78, 5) is 9.73. The van der Waals surface area contributed by atoms with Crippen molar-refractivity contribution in [2.24, 2.45) is 0 Å². The van der Waals surface area contributed by atoms with Gasteiger partial charge < -0.3 is 9.67 Å². The summed E-state index contributed by atoms with van der Waals surface area (Å²) in [6, 6.07) is 9.58. The van der Waals surface area contributed by atoms with Crippen LogP contribution >= 0.6 is 35.0 Å². The van der Waals surface area contributed by atoms with E-state index in [0.717, 1.165) is 35.0 Å². The number of benzene rings is 1. The molecule has 7 heteroatoms. The molecule has 0 bridgehead atoms. The van der Waals surface area contributed by atoms with Gasteiger partial charge in [0.05, 0.1) is 5.69 Å². The Morgan fingerprint density at radius 3 is 2.39 bits per heavy atom. The van der Waals surface area contributed by atoms with Gasteiger partial charge in [0.15, 0.2) is 0 Å². The monoisotopic (exact) mass is 435 g/mol. The van der Waals surface area contributed by atoms with Gasteiger partial charge in [-0.15, -0.1) is 0 Å². The zero-order chi connectivity index (χ0) is 20.1. The first kappa shape index (κ1) is 21.2. The molecule has 0 amide bonds. The van der Waals surface area contributed by atoms with Crippen molar-refractivity contribution in [3.63, 3.8) is 0 Å². The van der Waals surface area contributed by atoms with Crippen LogP contribution in [0.25, 0.3) is 0 Å². The number of aryl methyl sites for hydroxylation is 1. The normalized spacial score (nSPS) is 11.4. The average Bonchev–Trinajstić information content (AvgIpc) is 2.99. The number of aliphatic hydroxyl groups excluding tert-OH is 1. The van der Waals surface area contributed by atoms with Crippen molar-refractivity contribution in [2.75, 3.05) is 0 Å². The molecule has 3 rings (SSSR count). The minimum atomic E-state index is -0.0914. The number of hydrogen-bond donors (Lipinski definition) is 1. The van der Waals surface area contributed by atoms with Crippen LogP contribution in [0.15, 0.2) is 52.6 Å². The quantitative estimate of drug-likeness (QED) is 0.472. The van der Waals surface area contributed by atoms with Crippen molar-refractivity contribution in [3.05, 3.63) is 69.9 Å². The molecule has 28 heavy (non-hydrogen) atoms. The second-order valence-electron chi connectivity index (χ2n) is 6.85. The Morgan fingerprint density at radius 1 is 1.11 bits per heavy atom. The number of nitrogens with zero attached hydrogens (tertiary/aromatic N) is 3. The second-order valence-corrected chi connectivity index (χ2v) is 8.78. The standard InChI is InChI=1S/C21H23Cl2N3OS/c1-14(2)20-21(28-18-11-16(22)10-17(23)12-18)26(19(13-27)25-20)9-3-4-15-5-7-24-8-6-15/h5-8,10-12,14,27H,3-4,9,13H2,1-2H3. The molecule has 0 radical (unpaired) electrons. The molecular formula is C21H23Cl2N3OS. The number of pyridine rings is 1. The first-order valence-electron chi connectivity index (χ1n) is 9.21. The highest BCUT2D eigenvalue weighted by atomic mass is 35.5. The fourth-order valence-corrected chi connectivity index (χ4v) is 4.97. The Hall–Kier alpha value is -1.53. The van der Waals surface area contributed by atoms with Crippen LogP contribution in [0.3, 0.4) is 0 Å². The SMILES string of the molecule is CC(C)c1nc(CO)n(CCCc2ccncc2)c1Sc1cc(Cl)cc(Cl)c1. The Morgan fingerprint density at radius 2 is 1.79 bits per heavy atom. The molecule has 3 aromatic rings. The molecule has 0 aliphatic carbocycles. The fraction of sp³-hybridized carbons (Fsp3) is 0.333. The zero-order valence-corrected chi connectivity index (χ0v) is 18.2. The van der Waals surface area contributed by atoms with Crippen LogP contribution in [0.1, 0.15) is 43.3 Å². The minimum Gasteiger partial charge on any atom is -0.388 e. The number of hydrogen-bond acceptors (Lipinski definition) is 4. The third-order valence-electron chi connectivity index (χ3n) is 4.36. The molecule has 1 N–H and O–H groups in total. The molecule has 0 saturated carbocycles. The topological polar surface area (TPSA) is 50.9 Å². The second kappa shape index (κ2) is 9.79. The van der Waals surface area contributed by atoms with Crippen LogP contribution in [0.2, 0.25) is 10.0 Å². The van der Waals surface area contributed by atoms with E-state index in [9.17, 15) is 5.11 Å². The lowest BCUT2D eigenvalue weighted by atomic mass is 10.1. The van der Waals surface area contributed by atoms with Gasteiger partial charge in [-0.1, -0.05) is 48.8 Å². The minimum absolute atomic E-state index is 0.0914. The molecule has 0 spiro atoms. The number of imidazole rings is 1. The molecule has 0 aliphatic heterocycles. The van der Waals surface area contributed by atoms with Crippen molar-refractivity contribution >= 4 is 35.0 Å². The molecule has 0 unspecified atom stereocenters. The van der Waals surface area contributed by atoms with Gasteiger partial charge in [-0.3, -0.25) is 4.98 Å². The van der Waals surface area contributed by atoms with Crippen LogP contribution in [0.4, 0.5) is 0 Å². The van der Waals surface area contributed by atoms with Crippen LogP contribution in [0, 0.1) is 0 Å². The van der Waals surface area contributed by atoms with Gasteiger partial charge in [0, 0.05) is 33.9 Å². The van der Waals surface area contributed by atoms with E-state index in [-0.39, 0.29) is 12.5 Å². The van der Waals surface area contributed by atoms with Gasteiger partial charge in [0.2, 0.25) is 0 Å². The first-order chi connectivity index (χ1) is 13.5. The summed E-state index contributed by atoms with van der Waals surface area (Å²) >= 11 is 13.9.